The second-order valence-electron chi connectivity index (χ2n) is 4.52. The smallest absolute Gasteiger partial charge is 0.202 e. The van der Waals surface area contributed by atoms with E-state index in [9.17, 15) is 0 Å². The highest BCUT2D eigenvalue weighted by Crippen LogP contribution is 2.04. The van der Waals surface area contributed by atoms with Gasteiger partial charge in [-0.05, 0) is 13.5 Å². The molecule has 5 nitrogen and oxygen atoms in total. The number of nitrogens with zero attached hydrogens (tertiary/aromatic N) is 3. The highest BCUT2D eigenvalue weighted by atomic mass is 16.5. The average Bonchev–Trinajstić information content (AvgIpc) is 2.82. The van der Waals surface area contributed by atoms with Gasteiger partial charge in [0.2, 0.25) is 5.95 Å². The van der Waals surface area contributed by atoms with Crippen molar-refractivity contribution in [3.63, 3.8) is 0 Å². The quantitative estimate of drug-likeness (QED) is 0.645. The molecule has 0 atom stereocenters. The van der Waals surface area contributed by atoms with Crippen molar-refractivity contribution in [3.8, 4) is 0 Å². The van der Waals surface area contributed by atoms with E-state index < -0.39 is 0 Å². The van der Waals surface area contributed by atoms with Crippen LogP contribution in [0.5, 0.6) is 0 Å². The average molecular weight is 254 g/mol. The highest BCUT2D eigenvalue weighted by molar-refractivity contribution is 5.25. The van der Waals surface area contributed by atoms with Crippen LogP contribution in [0.3, 0.4) is 0 Å². The largest absolute Gasteiger partial charge is 0.383 e. The molecule has 0 saturated heterocycles. The van der Waals surface area contributed by atoms with Gasteiger partial charge in [-0.2, -0.15) is 0 Å². The first-order chi connectivity index (χ1) is 8.77. The summed E-state index contributed by atoms with van der Waals surface area (Å²) in [5.41, 5.74) is 0. The fourth-order valence-electron chi connectivity index (χ4n) is 1.67. The molecule has 0 fully saturated rings. The van der Waals surface area contributed by atoms with Crippen LogP contribution in [0.25, 0.3) is 0 Å². The van der Waals surface area contributed by atoms with Gasteiger partial charge in [-0.1, -0.05) is 13.3 Å². The minimum absolute atomic E-state index is 0.780. The Labute approximate surface area is 110 Å². The molecule has 0 aliphatic rings. The first-order valence-electron chi connectivity index (χ1n) is 6.70. The van der Waals surface area contributed by atoms with Crippen molar-refractivity contribution in [3.05, 3.63) is 12.4 Å². The first kappa shape index (κ1) is 15.0. The van der Waals surface area contributed by atoms with Gasteiger partial charge in [-0.25, -0.2) is 4.98 Å². The summed E-state index contributed by atoms with van der Waals surface area (Å²) in [6, 6.07) is 0. The van der Waals surface area contributed by atoms with Crippen LogP contribution in [0.4, 0.5) is 5.95 Å². The van der Waals surface area contributed by atoms with E-state index in [4.69, 9.17) is 4.74 Å². The Morgan fingerprint density at radius 2 is 2.28 bits per heavy atom. The summed E-state index contributed by atoms with van der Waals surface area (Å²) in [6.07, 6.45) is 6.26. The van der Waals surface area contributed by atoms with Crippen LogP contribution in [0.2, 0.25) is 0 Å². The van der Waals surface area contributed by atoms with E-state index in [0.717, 1.165) is 38.7 Å². The lowest BCUT2D eigenvalue weighted by Gasteiger charge is -2.17. The Kier molecular flexibility index (Phi) is 7.44. The zero-order valence-electron chi connectivity index (χ0n) is 11.9. The maximum atomic E-state index is 5.07. The van der Waals surface area contributed by atoms with E-state index in [-0.39, 0.29) is 0 Å². The fourth-order valence-corrected chi connectivity index (χ4v) is 1.67. The van der Waals surface area contributed by atoms with Crippen LogP contribution >= 0.6 is 0 Å². The molecule has 0 aliphatic heterocycles. The van der Waals surface area contributed by atoms with Crippen LogP contribution in [0.1, 0.15) is 19.8 Å². The zero-order chi connectivity index (χ0) is 13.2. The summed E-state index contributed by atoms with van der Waals surface area (Å²) in [7, 11) is 3.85. The number of aromatic nitrogens is 2. The normalized spacial score (nSPS) is 11.1. The van der Waals surface area contributed by atoms with Gasteiger partial charge in [0, 0.05) is 45.7 Å². The second-order valence-corrected chi connectivity index (χ2v) is 4.52. The third kappa shape index (κ3) is 5.51. The molecule has 1 heterocycles. The standard InChI is InChI=1S/C13H26N4O/c1-4-5-6-14-13-15-7-8-17(13)10-9-16(2)11-12-18-3/h7-8H,4-6,9-12H2,1-3H3,(H,14,15). The van der Waals surface area contributed by atoms with Gasteiger partial charge in [0.05, 0.1) is 6.61 Å². The molecule has 0 unspecified atom stereocenters. The molecule has 0 aliphatic carbocycles. The minimum atomic E-state index is 0.780. The van der Waals surface area contributed by atoms with Crippen molar-refractivity contribution in [2.45, 2.75) is 26.3 Å². The number of methoxy groups -OCH3 is 1. The molecular formula is C13H26N4O. The lowest BCUT2D eigenvalue weighted by Crippen LogP contribution is -2.27. The number of unbranched alkanes of at least 4 members (excludes halogenated alkanes) is 1. The van der Waals surface area contributed by atoms with Crippen LogP contribution in [0, 0.1) is 0 Å². The highest BCUT2D eigenvalue weighted by Gasteiger charge is 2.03. The summed E-state index contributed by atoms with van der Waals surface area (Å²) in [6.45, 7) is 6.88. The lowest BCUT2D eigenvalue weighted by molar-refractivity contribution is 0.159. The van der Waals surface area contributed by atoms with Crippen LogP contribution in [0.15, 0.2) is 12.4 Å². The molecule has 1 aromatic heterocycles. The van der Waals surface area contributed by atoms with E-state index in [0.29, 0.717) is 0 Å². The van der Waals surface area contributed by atoms with Crippen LogP contribution in [-0.2, 0) is 11.3 Å². The number of hydrogen-bond acceptors (Lipinski definition) is 4. The van der Waals surface area contributed by atoms with Crippen molar-refractivity contribution < 1.29 is 4.74 Å². The topological polar surface area (TPSA) is 42.3 Å². The number of likely N-dealkylation sites (N-methyl/N-ethyl adjacent to an activating group) is 1. The number of imidazole rings is 1. The van der Waals surface area contributed by atoms with Crippen LogP contribution in [-0.4, -0.2) is 54.8 Å². The Balaban J connectivity index is 2.30. The Hall–Kier alpha value is -1.07. The monoisotopic (exact) mass is 254 g/mol. The molecule has 18 heavy (non-hydrogen) atoms. The predicted molar refractivity (Wildman–Crippen MR) is 75.0 cm³/mol. The molecular weight excluding hydrogens is 228 g/mol. The van der Waals surface area contributed by atoms with E-state index in [1.54, 1.807) is 7.11 Å². The molecule has 1 rings (SSSR count). The Morgan fingerprint density at radius 1 is 1.44 bits per heavy atom. The maximum absolute atomic E-state index is 5.07. The van der Waals surface area contributed by atoms with Crippen molar-refractivity contribution in [1.29, 1.82) is 0 Å². The number of ether oxygens (including phenoxy) is 1. The van der Waals surface area contributed by atoms with Crippen molar-refractivity contribution in [2.75, 3.05) is 45.7 Å². The SMILES string of the molecule is CCCCNc1nccn1CCN(C)CCOC. The first-order valence-corrected chi connectivity index (χ1v) is 6.70. The van der Waals surface area contributed by atoms with Gasteiger partial charge in [0.25, 0.3) is 0 Å². The minimum Gasteiger partial charge on any atom is -0.383 e. The maximum Gasteiger partial charge on any atom is 0.202 e. The van der Waals surface area contributed by atoms with Crippen LogP contribution < -0.4 is 5.32 Å². The molecule has 0 bridgehead atoms. The molecule has 0 spiro atoms. The number of nitrogens with one attached hydrogen (secondary N) is 1. The van der Waals surface area contributed by atoms with E-state index >= 15 is 0 Å². The van der Waals surface area contributed by atoms with E-state index in [2.05, 4.69) is 33.7 Å². The molecule has 0 saturated carbocycles. The molecule has 1 N–H and O–H groups in total. The summed E-state index contributed by atoms with van der Waals surface area (Å²) in [5, 5.41) is 3.37. The number of rotatable bonds is 10. The molecule has 0 aromatic carbocycles. The third-order valence-corrected chi connectivity index (χ3v) is 2.93. The Morgan fingerprint density at radius 3 is 3.00 bits per heavy atom. The van der Waals surface area contributed by atoms with Crippen molar-refractivity contribution in [2.24, 2.45) is 0 Å². The molecule has 5 heteroatoms. The van der Waals surface area contributed by atoms with Gasteiger partial charge in [-0.15, -0.1) is 0 Å². The molecule has 0 radical (unpaired) electrons. The Bertz CT molecular complexity index is 314. The summed E-state index contributed by atoms with van der Waals surface area (Å²) >= 11 is 0. The second kappa shape index (κ2) is 8.94. The molecule has 0 amide bonds. The van der Waals surface area contributed by atoms with Gasteiger partial charge in [0.1, 0.15) is 0 Å². The molecule has 1 aromatic rings. The zero-order valence-corrected chi connectivity index (χ0v) is 11.9. The summed E-state index contributed by atoms with van der Waals surface area (Å²) < 4.78 is 7.23. The summed E-state index contributed by atoms with van der Waals surface area (Å²) in [4.78, 5) is 6.60. The van der Waals surface area contributed by atoms with E-state index in [1.807, 2.05) is 12.4 Å². The van der Waals surface area contributed by atoms with Crippen molar-refractivity contribution >= 4 is 5.95 Å². The molecule has 104 valence electrons. The van der Waals surface area contributed by atoms with Gasteiger partial charge in [-0.3, -0.25) is 0 Å². The summed E-state index contributed by atoms with van der Waals surface area (Å²) in [5.74, 6) is 0.976. The third-order valence-electron chi connectivity index (χ3n) is 2.93. The van der Waals surface area contributed by atoms with Gasteiger partial charge >= 0.3 is 0 Å². The number of hydrogen-bond donors (Lipinski definition) is 1. The van der Waals surface area contributed by atoms with Gasteiger partial charge < -0.3 is 19.5 Å². The predicted octanol–water partition coefficient (Wildman–Crippen LogP) is 1.67. The van der Waals surface area contributed by atoms with E-state index in [1.165, 1.54) is 12.8 Å². The fraction of sp³-hybridized carbons (Fsp3) is 0.769. The van der Waals surface area contributed by atoms with Gasteiger partial charge in [0.15, 0.2) is 0 Å². The number of anilines is 1. The van der Waals surface area contributed by atoms with Crippen molar-refractivity contribution in [1.82, 2.24) is 14.5 Å². The lowest BCUT2D eigenvalue weighted by atomic mass is 10.3.